The molecule has 1 radical (unpaired) electrons. The van der Waals surface area contributed by atoms with Crippen LogP contribution in [0.15, 0.2) is 35.5 Å². The zero-order valence-corrected chi connectivity index (χ0v) is 52.1. The number of ketones is 3. The first kappa shape index (κ1) is 63.5. The third-order valence-electron chi connectivity index (χ3n) is 26.5. The van der Waals surface area contributed by atoms with Gasteiger partial charge < -0.3 is 15.3 Å². The molecule has 0 amide bonds. The Balaban J connectivity index is 0.000000276. The fraction of sp³-hybridized carbons (Fsp3) is 0.857. The molecule has 6 fully saturated rings. The van der Waals surface area contributed by atoms with E-state index >= 15 is 0 Å². The van der Waals surface area contributed by atoms with E-state index in [0.29, 0.717) is 52.8 Å². The number of aliphatic hydroxyl groups excluding tert-OH is 3. The molecular weight excluding hydrogens is 1000 g/mol. The van der Waals surface area contributed by atoms with E-state index < -0.39 is 0 Å². The van der Waals surface area contributed by atoms with Gasteiger partial charge in [0, 0.05) is 100 Å². The summed E-state index contributed by atoms with van der Waals surface area (Å²) in [7, 11) is 0. The summed E-state index contributed by atoms with van der Waals surface area (Å²) >= 11 is 0. The van der Waals surface area contributed by atoms with Crippen LogP contribution in [0.2, 0.25) is 0 Å². The van der Waals surface area contributed by atoms with Gasteiger partial charge in [-0.3, -0.25) is 14.4 Å². The second-order valence-electron chi connectivity index (χ2n) is 29.6. The van der Waals surface area contributed by atoms with Crippen LogP contribution in [0.25, 0.3) is 0 Å². The first-order chi connectivity index (χ1) is 30.9. The Morgan fingerprint density at radius 3 is 0.543 bits per heavy atom. The first-order valence-electron chi connectivity index (χ1n) is 27.8. The van der Waals surface area contributed by atoms with Crippen molar-refractivity contribution in [2.75, 3.05) is 0 Å². The molecule has 3 N–H and O–H groups in total. The van der Waals surface area contributed by atoms with E-state index in [1.165, 1.54) is 0 Å². The van der Waals surface area contributed by atoms with Crippen molar-refractivity contribution in [3.8, 4) is 0 Å². The number of rotatable bonds is 9. The van der Waals surface area contributed by atoms with Gasteiger partial charge in [-0.15, -0.1) is 0 Å². The topological polar surface area (TPSA) is 112 Å². The van der Waals surface area contributed by atoms with Gasteiger partial charge in [-0.25, -0.2) is 0 Å². The third-order valence-corrected chi connectivity index (χ3v) is 26.5. The largest absolute Gasteiger partial charge is 0.512 e. The number of allylic oxidation sites excluding steroid dienone is 6. The summed E-state index contributed by atoms with van der Waals surface area (Å²) < 4.78 is 0. The van der Waals surface area contributed by atoms with Gasteiger partial charge in [0.1, 0.15) is 17.3 Å². The van der Waals surface area contributed by atoms with E-state index in [4.69, 9.17) is 0 Å². The summed E-state index contributed by atoms with van der Waals surface area (Å²) in [6.45, 7) is 52.7. The van der Waals surface area contributed by atoms with Gasteiger partial charge in [-0.05, 0) is 145 Å². The van der Waals surface area contributed by atoms with Gasteiger partial charge in [-0.1, -0.05) is 166 Å². The van der Waals surface area contributed by atoms with Crippen molar-refractivity contribution < 1.29 is 79.1 Å². The van der Waals surface area contributed by atoms with Crippen LogP contribution in [-0.4, -0.2) is 32.7 Å². The second kappa shape index (κ2) is 20.6. The Labute approximate surface area is 471 Å². The van der Waals surface area contributed by atoms with Gasteiger partial charge in [-0.2, -0.15) is 0 Å². The minimum Gasteiger partial charge on any atom is -0.512 e. The molecule has 6 saturated carbocycles. The van der Waals surface area contributed by atoms with Crippen molar-refractivity contribution in [3.63, 3.8) is 0 Å². The van der Waals surface area contributed by atoms with E-state index in [1.807, 2.05) is 0 Å². The fourth-order valence-corrected chi connectivity index (χ4v) is 14.4. The van der Waals surface area contributed by atoms with Crippen LogP contribution in [0.5, 0.6) is 0 Å². The van der Waals surface area contributed by atoms with Gasteiger partial charge >= 0.3 is 0 Å². The Hall–Kier alpha value is -0.786. The van der Waals surface area contributed by atoms with E-state index in [-0.39, 0.29) is 132 Å². The number of carbonyl (C=O) groups is 3. The molecule has 6 aliphatic rings. The van der Waals surface area contributed by atoms with Crippen molar-refractivity contribution in [2.45, 2.75) is 243 Å². The van der Waals surface area contributed by atoms with Crippen molar-refractivity contribution in [1.29, 1.82) is 0 Å². The third kappa shape index (κ3) is 9.82. The van der Waals surface area contributed by atoms with Gasteiger partial charge in [0.2, 0.25) is 0 Å². The quantitative estimate of drug-likeness (QED) is 0.157. The molecule has 0 aromatic heterocycles. The van der Waals surface area contributed by atoms with Crippen LogP contribution in [0.1, 0.15) is 243 Å². The number of carbonyl (C=O) groups excluding carboxylic acids is 3. The SMILES string of the molecule is C[C@H]1CC[C@@](C)(C(=O)/C=C(\O)[C@]2(C)CC[C@H](C)C2(C)C)C1(C)C.C[C@H]1CC[C@@](C)(C(=O)/C=C(\O)[C@]2(C)CC[C@H](C)C2(C)C)C1(C)C.C[C@H]1CC[C@@](C)(C(=O)/C=C(\O)[C@]2(C)CC[C@H](C)C2(C)C)C1(C)C.[Eu]. The molecule has 0 unspecified atom stereocenters. The van der Waals surface area contributed by atoms with E-state index in [9.17, 15) is 29.7 Å². The Kier molecular flexibility index (Phi) is 18.7. The molecule has 70 heavy (non-hydrogen) atoms. The minimum absolute atomic E-state index is 0. The van der Waals surface area contributed by atoms with Gasteiger partial charge in [0.05, 0.1) is 0 Å². The fourth-order valence-electron chi connectivity index (χ4n) is 14.4. The number of hydrogen-bond acceptors (Lipinski definition) is 6. The van der Waals surface area contributed by atoms with Crippen LogP contribution in [0, 0.1) is 150 Å². The molecule has 6 rings (SSSR count). The van der Waals surface area contributed by atoms with Crippen molar-refractivity contribution in [3.05, 3.63) is 35.5 Å². The molecule has 0 saturated heterocycles. The molecule has 403 valence electrons. The average molecular weight is 1110 g/mol. The van der Waals surface area contributed by atoms with Crippen LogP contribution in [0.4, 0.5) is 0 Å². The maximum atomic E-state index is 13.1. The molecule has 12 atom stereocenters. The summed E-state index contributed by atoms with van der Waals surface area (Å²) in [6.07, 6.45) is 16.9. The first-order valence-corrected chi connectivity index (χ1v) is 27.8. The maximum absolute atomic E-state index is 13.1. The molecule has 0 spiro atoms. The monoisotopic (exact) mass is 1110 g/mol. The molecule has 0 aromatic rings. The van der Waals surface area contributed by atoms with Gasteiger partial charge in [0.15, 0.2) is 17.3 Å². The van der Waals surface area contributed by atoms with Crippen molar-refractivity contribution in [1.82, 2.24) is 0 Å². The van der Waals surface area contributed by atoms with Crippen molar-refractivity contribution in [2.24, 2.45) is 100 Å². The average Bonchev–Trinajstić information content (AvgIpc) is 3.92. The minimum atomic E-state index is -0.370. The van der Waals surface area contributed by atoms with E-state index in [2.05, 4.69) is 166 Å². The predicted octanol–water partition coefficient (Wildman–Crippen LogP) is 17.8. The number of hydrogen-bond donors (Lipinski definition) is 3. The standard InChI is InChI=1S/3C21H36O2.Eu/c3*1-14-9-11-20(7,18(14,3)4)16(22)13-17(23)21(8)12-10-15(2)19(21,5)6;/h3*13-15,22H,9-12H2,1-8H3;/b3*16-13-;/t3*14-,15-,20-,21-;/m000./s1. The molecule has 0 heterocycles. The molecule has 0 aliphatic heterocycles. The van der Waals surface area contributed by atoms with Crippen LogP contribution >= 0.6 is 0 Å². The van der Waals surface area contributed by atoms with Crippen LogP contribution in [0.3, 0.4) is 0 Å². The summed E-state index contributed by atoms with van der Waals surface area (Å²) in [5.74, 6) is 4.49. The Bertz CT molecular complexity index is 1820. The van der Waals surface area contributed by atoms with Crippen molar-refractivity contribution >= 4 is 17.3 Å². The Morgan fingerprint density at radius 1 is 0.300 bits per heavy atom. The maximum Gasteiger partial charge on any atom is 0.165 e. The molecule has 6 aliphatic carbocycles. The normalized spacial score (nSPS) is 42.3. The molecule has 0 bridgehead atoms. The van der Waals surface area contributed by atoms with E-state index in [1.54, 1.807) is 18.2 Å². The predicted molar refractivity (Wildman–Crippen MR) is 289 cm³/mol. The Morgan fingerprint density at radius 2 is 0.429 bits per heavy atom. The molecular formula is C63H108EuO6. The second-order valence-corrected chi connectivity index (χ2v) is 29.6. The number of aliphatic hydroxyl groups is 3. The molecule has 7 heteroatoms. The van der Waals surface area contributed by atoms with Gasteiger partial charge in [0.25, 0.3) is 0 Å². The van der Waals surface area contributed by atoms with E-state index in [0.717, 1.165) is 77.0 Å². The summed E-state index contributed by atoms with van der Waals surface area (Å²) in [5, 5.41) is 32.6. The van der Waals surface area contributed by atoms with Crippen LogP contribution in [-0.2, 0) is 14.4 Å². The smallest absolute Gasteiger partial charge is 0.165 e. The van der Waals surface area contributed by atoms with Crippen LogP contribution < -0.4 is 0 Å². The molecule has 6 nitrogen and oxygen atoms in total. The summed E-state index contributed by atoms with van der Waals surface area (Å²) in [6, 6.07) is 0. The molecule has 0 aromatic carbocycles. The summed E-state index contributed by atoms with van der Waals surface area (Å²) in [5.41, 5.74) is -2.07. The zero-order valence-electron chi connectivity index (χ0n) is 49.6. The zero-order chi connectivity index (χ0) is 53.5. The summed E-state index contributed by atoms with van der Waals surface area (Å²) in [4.78, 5) is 39.3.